The minimum atomic E-state index is -0.173. The summed E-state index contributed by atoms with van der Waals surface area (Å²) in [5, 5.41) is 3.41. The van der Waals surface area contributed by atoms with Gasteiger partial charge in [-0.25, -0.2) is 9.97 Å². The molecule has 1 fully saturated rings. The second kappa shape index (κ2) is 8.04. The monoisotopic (exact) mass is 432 g/mol. The first-order valence-corrected chi connectivity index (χ1v) is 10.6. The molecule has 1 amide bonds. The molecule has 1 aliphatic rings. The van der Waals surface area contributed by atoms with Crippen LogP contribution in [0.5, 0.6) is 5.75 Å². The van der Waals surface area contributed by atoms with Crippen molar-refractivity contribution < 1.29 is 9.53 Å². The Labute approximate surface area is 184 Å². The summed E-state index contributed by atoms with van der Waals surface area (Å²) in [6.07, 6.45) is 6.03. The maximum Gasteiger partial charge on any atom is 0.255 e. The van der Waals surface area contributed by atoms with Crippen LogP contribution in [0.25, 0.3) is 5.65 Å². The van der Waals surface area contributed by atoms with Gasteiger partial charge in [0.2, 0.25) is 0 Å². The van der Waals surface area contributed by atoms with Crippen molar-refractivity contribution >= 4 is 28.8 Å². The molecule has 31 heavy (non-hydrogen) atoms. The van der Waals surface area contributed by atoms with Crippen LogP contribution in [0.2, 0.25) is 5.15 Å². The predicted octanol–water partition coefficient (Wildman–Crippen LogP) is 5.40. The molecule has 0 radical (unpaired) electrons. The van der Waals surface area contributed by atoms with Crippen molar-refractivity contribution in [1.29, 1.82) is 0 Å². The Kier molecular flexibility index (Phi) is 5.08. The van der Waals surface area contributed by atoms with Gasteiger partial charge in [-0.15, -0.1) is 0 Å². The summed E-state index contributed by atoms with van der Waals surface area (Å²) >= 11 is 5.79. The standard InChI is InChI=1S/C24H21ClN4O2/c1-15-23(17-3-4-17)28-22-11-7-19(13-29(15)22)27-24(30)18-5-8-20(9-6-18)31-14-16-2-10-21(25)26-12-16/h2,5-13,17H,3-4,14H2,1H3,(H,27,30). The molecule has 1 saturated carbocycles. The number of ether oxygens (including phenoxy) is 1. The summed E-state index contributed by atoms with van der Waals surface area (Å²) in [6, 6.07) is 14.5. The molecular formula is C24H21ClN4O2. The third kappa shape index (κ3) is 4.25. The van der Waals surface area contributed by atoms with Gasteiger partial charge in [-0.1, -0.05) is 17.7 Å². The number of aryl methyl sites for hydroxylation is 1. The molecule has 1 aromatic carbocycles. The van der Waals surface area contributed by atoms with E-state index in [1.807, 2.05) is 28.8 Å². The number of nitrogens with one attached hydrogen (secondary N) is 1. The zero-order valence-corrected chi connectivity index (χ0v) is 17.8. The first kappa shape index (κ1) is 19.6. The van der Waals surface area contributed by atoms with Crippen LogP contribution >= 0.6 is 11.6 Å². The molecule has 0 spiro atoms. The van der Waals surface area contributed by atoms with Crippen LogP contribution in [0.15, 0.2) is 60.9 Å². The van der Waals surface area contributed by atoms with Crippen molar-refractivity contribution in [2.75, 3.05) is 5.32 Å². The number of halogens is 1. The summed E-state index contributed by atoms with van der Waals surface area (Å²) in [7, 11) is 0. The fourth-order valence-corrected chi connectivity index (χ4v) is 3.67. The lowest BCUT2D eigenvalue weighted by Gasteiger charge is -2.09. The average Bonchev–Trinajstić information content (AvgIpc) is 3.58. The molecule has 6 nitrogen and oxygen atoms in total. The molecule has 0 bridgehead atoms. The minimum absolute atomic E-state index is 0.173. The fraction of sp³-hybridized carbons (Fsp3) is 0.208. The number of pyridine rings is 2. The largest absolute Gasteiger partial charge is 0.489 e. The lowest BCUT2D eigenvalue weighted by molar-refractivity contribution is 0.102. The number of hydrogen-bond acceptors (Lipinski definition) is 4. The van der Waals surface area contributed by atoms with E-state index in [4.69, 9.17) is 21.3 Å². The smallest absolute Gasteiger partial charge is 0.255 e. The summed E-state index contributed by atoms with van der Waals surface area (Å²) < 4.78 is 7.80. The lowest BCUT2D eigenvalue weighted by Crippen LogP contribution is -2.12. The maximum absolute atomic E-state index is 12.7. The van der Waals surface area contributed by atoms with Gasteiger partial charge in [0.05, 0.1) is 11.4 Å². The molecule has 3 aromatic heterocycles. The van der Waals surface area contributed by atoms with Gasteiger partial charge in [-0.05, 0) is 62.2 Å². The lowest BCUT2D eigenvalue weighted by atomic mass is 10.2. The SMILES string of the molecule is Cc1c(C2CC2)nc2ccc(NC(=O)c3ccc(OCc4ccc(Cl)nc4)cc3)cn12. The van der Waals surface area contributed by atoms with E-state index in [9.17, 15) is 4.79 Å². The number of fused-ring (bicyclic) bond motifs is 1. The Hall–Kier alpha value is -3.38. The highest BCUT2D eigenvalue weighted by molar-refractivity contribution is 6.29. The number of aromatic nitrogens is 3. The Balaban J connectivity index is 1.24. The molecule has 0 atom stereocenters. The molecule has 0 saturated heterocycles. The van der Waals surface area contributed by atoms with Gasteiger partial charge in [0.25, 0.3) is 5.91 Å². The second-order valence-corrected chi connectivity index (χ2v) is 8.15. The molecular weight excluding hydrogens is 412 g/mol. The number of amides is 1. The van der Waals surface area contributed by atoms with Crippen molar-refractivity contribution in [2.24, 2.45) is 0 Å². The highest BCUT2D eigenvalue weighted by Gasteiger charge is 2.28. The van der Waals surface area contributed by atoms with Gasteiger partial charge in [0.1, 0.15) is 23.2 Å². The fourth-order valence-electron chi connectivity index (χ4n) is 3.56. The van der Waals surface area contributed by atoms with Gasteiger partial charge in [-0.3, -0.25) is 4.79 Å². The number of anilines is 1. The number of carbonyl (C=O) groups excluding carboxylic acids is 1. The van der Waals surface area contributed by atoms with Crippen molar-refractivity contribution in [1.82, 2.24) is 14.4 Å². The average molecular weight is 433 g/mol. The molecule has 1 N–H and O–H groups in total. The quantitative estimate of drug-likeness (QED) is 0.414. The number of benzene rings is 1. The molecule has 5 rings (SSSR count). The molecule has 7 heteroatoms. The third-order valence-electron chi connectivity index (χ3n) is 5.43. The van der Waals surface area contributed by atoms with Crippen molar-refractivity contribution in [3.63, 3.8) is 0 Å². The van der Waals surface area contributed by atoms with Gasteiger partial charge in [0, 0.05) is 35.1 Å². The van der Waals surface area contributed by atoms with Crippen LogP contribution in [-0.2, 0) is 6.61 Å². The Bertz CT molecular complexity index is 1250. The van der Waals surface area contributed by atoms with Crippen LogP contribution in [-0.4, -0.2) is 20.3 Å². The second-order valence-electron chi connectivity index (χ2n) is 7.76. The number of carbonyl (C=O) groups is 1. The highest BCUT2D eigenvalue weighted by Crippen LogP contribution is 2.41. The van der Waals surface area contributed by atoms with E-state index >= 15 is 0 Å². The maximum atomic E-state index is 12.7. The van der Waals surface area contributed by atoms with Crippen molar-refractivity contribution in [3.05, 3.63) is 88.6 Å². The van der Waals surface area contributed by atoms with E-state index in [1.54, 1.807) is 36.5 Å². The molecule has 4 aromatic rings. The van der Waals surface area contributed by atoms with E-state index in [1.165, 1.54) is 18.5 Å². The van der Waals surface area contributed by atoms with Crippen LogP contribution in [0, 0.1) is 6.92 Å². The van der Waals surface area contributed by atoms with E-state index in [-0.39, 0.29) is 5.91 Å². The van der Waals surface area contributed by atoms with E-state index in [2.05, 4.69) is 17.2 Å². The number of rotatable bonds is 6. The highest BCUT2D eigenvalue weighted by atomic mass is 35.5. The topological polar surface area (TPSA) is 68.5 Å². The van der Waals surface area contributed by atoms with Crippen LogP contribution in [0.4, 0.5) is 5.69 Å². The van der Waals surface area contributed by atoms with E-state index in [0.29, 0.717) is 29.0 Å². The van der Waals surface area contributed by atoms with Crippen LogP contribution in [0.1, 0.15) is 46.1 Å². The first-order valence-electron chi connectivity index (χ1n) is 10.2. The van der Waals surface area contributed by atoms with Gasteiger partial charge < -0.3 is 14.5 Å². The summed E-state index contributed by atoms with van der Waals surface area (Å²) in [5.41, 5.74) is 5.44. The Morgan fingerprint density at radius 3 is 2.68 bits per heavy atom. The molecule has 3 heterocycles. The van der Waals surface area contributed by atoms with Crippen LogP contribution < -0.4 is 10.1 Å². The molecule has 0 unspecified atom stereocenters. The van der Waals surface area contributed by atoms with E-state index in [0.717, 1.165) is 22.6 Å². The van der Waals surface area contributed by atoms with Crippen LogP contribution in [0.3, 0.4) is 0 Å². The van der Waals surface area contributed by atoms with E-state index < -0.39 is 0 Å². The predicted molar refractivity (Wildman–Crippen MR) is 120 cm³/mol. The summed E-state index contributed by atoms with van der Waals surface area (Å²) in [4.78, 5) is 21.4. The zero-order chi connectivity index (χ0) is 21.4. The van der Waals surface area contributed by atoms with Gasteiger partial charge in [-0.2, -0.15) is 0 Å². The summed E-state index contributed by atoms with van der Waals surface area (Å²) in [5.74, 6) is 1.09. The molecule has 1 aliphatic carbocycles. The number of nitrogens with zero attached hydrogens (tertiary/aromatic N) is 3. The Morgan fingerprint density at radius 2 is 1.97 bits per heavy atom. The third-order valence-corrected chi connectivity index (χ3v) is 5.65. The number of hydrogen-bond donors (Lipinski definition) is 1. The van der Waals surface area contributed by atoms with Crippen molar-refractivity contribution in [3.8, 4) is 5.75 Å². The van der Waals surface area contributed by atoms with Crippen molar-refractivity contribution in [2.45, 2.75) is 32.3 Å². The first-order chi connectivity index (χ1) is 15.1. The summed E-state index contributed by atoms with van der Waals surface area (Å²) in [6.45, 7) is 2.46. The van der Waals surface area contributed by atoms with Gasteiger partial charge in [0.15, 0.2) is 0 Å². The zero-order valence-electron chi connectivity index (χ0n) is 17.0. The van der Waals surface area contributed by atoms with Gasteiger partial charge >= 0.3 is 0 Å². The normalized spacial score (nSPS) is 13.4. The minimum Gasteiger partial charge on any atom is -0.489 e. The number of imidazole rings is 1. The Morgan fingerprint density at radius 1 is 1.16 bits per heavy atom. The molecule has 156 valence electrons. The molecule has 0 aliphatic heterocycles.